The Kier molecular flexibility index (Phi) is 4.99. The van der Waals surface area contributed by atoms with Gasteiger partial charge in [-0.2, -0.15) is 5.10 Å². The van der Waals surface area contributed by atoms with E-state index in [2.05, 4.69) is 10.4 Å². The molecular weight excluding hydrogens is 318 g/mol. The first-order chi connectivity index (χ1) is 12.2. The molecule has 25 heavy (non-hydrogen) atoms. The molecule has 1 aromatic heterocycles. The van der Waals surface area contributed by atoms with Gasteiger partial charge in [0.2, 0.25) is 0 Å². The lowest BCUT2D eigenvalue weighted by molar-refractivity contribution is 0.199. The second-order valence-corrected chi connectivity index (χ2v) is 5.43. The zero-order valence-corrected chi connectivity index (χ0v) is 14.1. The number of hydrogen-bond donors (Lipinski definition) is 1. The van der Waals surface area contributed by atoms with Gasteiger partial charge < -0.3 is 14.8 Å². The van der Waals surface area contributed by atoms with Gasteiger partial charge in [0.25, 0.3) is 0 Å². The van der Waals surface area contributed by atoms with E-state index in [4.69, 9.17) is 9.47 Å². The van der Waals surface area contributed by atoms with Crippen LogP contribution >= 0.6 is 0 Å². The monoisotopic (exact) mass is 337 g/mol. The normalized spacial score (nSPS) is 10.3. The molecule has 128 valence electrons. The fourth-order valence-corrected chi connectivity index (χ4v) is 2.38. The first-order valence-electron chi connectivity index (χ1n) is 7.86. The number of nitrogens with zero attached hydrogens (tertiary/aromatic N) is 2. The van der Waals surface area contributed by atoms with Crippen LogP contribution in [0, 0.1) is 6.92 Å². The second kappa shape index (κ2) is 7.53. The molecule has 0 bridgehead atoms. The van der Waals surface area contributed by atoms with Crippen molar-refractivity contribution in [2.45, 2.75) is 13.5 Å². The molecule has 1 heterocycles. The third-order valence-electron chi connectivity index (χ3n) is 3.76. The fourth-order valence-electron chi connectivity index (χ4n) is 2.38. The number of rotatable bonds is 5. The smallest absolute Gasteiger partial charge is 0.412 e. The van der Waals surface area contributed by atoms with Gasteiger partial charge in [0, 0.05) is 6.54 Å². The molecule has 6 nitrogen and oxygen atoms in total. The predicted molar refractivity (Wildman–Crippen MR) is 94.2 cm³/mol. The molecule has 0 radical (unpaired) electrons. The topological polar surface area (TPSA) is 65.4 Å². The summed E-state index contributed by atoms with van der Waals surface area (Å²) < 4.78 is 12.2. The lowest BCUT2D eigenvalue weighted by atomic mass is 10.2. The van der Waals surface area contributed by atoms with Crippen LogP contribution in [0.3, 0.4) is 0 Å². The first-order valence-corrected chi connectivity index (χ1v) is 7.86. The van der Waals surface area contributed by atoms with E-state index in [-0.39, 0.29) is 0 Å². The molecule has 0 fully saturated rings. The Morgan fingerprint density at radius 3 is 2.52 bits per heavy atom. The maximum atomic E-state index is 12.0. The minimum Gasteiger partial charge on any atom is -0.497 e. The highest BCUT2D eigenvalue weighted by Crippen LogP contribution is 2.22. The molecule has 0 aliphatic heterocycles. The van der Waals surface area contributed by atoms with Gasteiger partial charge in [-0.05, 0) is 36.8 Å². The summed E-state index contributed by atoms with van der Waals surface area (Å²) in [7, 11) is 1.62. The minimum atomic E-state index is -0.513. The highest BCUT2D eigenvalue weighted by Gasteiger charge is 2.13. The zero-order chi connectivity index (χ0) is 17.6. The van der Waals surface area contributed by atoms with Crippen molar-refractivity contribution in [1.29, 1.82) is 0 Å². The van der Waals surface area contributed by atoms with Crippen molar-refractivity contribution in [2.75, 3.05) is 7.11 Å². The summed E-state index contributed by atoms with van der Waals surface area (Å²) in [4.78, 5) is 12.0. The summed E-state index contributed by atoms with van der Waals surface area (Å²) >= 11 is 0. The molecule has 0 spiro atoms. The molecule has 6 heteroatoms. The maximum absolute atomic E-state index is 12.0. The van der Waals surface area contributed by atoms with Gasteiger partial charge >= 0.3 is 6.09 Å². The Labute approximate surface area is 146 Å². The number of carbonyl (C=O) groups excluding carboxylic acids is 1. The number of benzene rings is 2. The lowest BCUT2D eigenvalue weighted by Crippen LogP contribution is -2.26. The highest BCUT2D eigenvalue weighted by atomic mass is 16.6. The van der Waals surface area contributed by atoms with Crippen molar-refractivity contribution in [3.63, 3.8) is 0 Å². The van der Waals surface area contributed by atoms with Crippen LogP contribution < -0.4 is 14.8 Å². The molecule has 1 amide bonds. The molecule has 1 N–H and O–H groups in total. The zero-order valence-electron chi connectivity index (χ0n) is 14.1. The SMILES string of the molecule is COc1ccc(-n2ncc(OC(=O)NCc3ccccc3)c2C)cc1. The average molecular weight is 337 g/mol. The fraction of sp³-hybridized carbons (Fsp3) is 0.158. The van der Waals surface area contributed by atoms with Crippen molar-refractivity contribution >= 4 is 6.09 Å². The van der Waals surface area contributed by atoms with E-state index in [1.165, 1.54) is 6.20 Å². The number of aromatic nitrogens is 2. The van der Waals surface area contributed by atoms with Gasteiger partial charge in [0.1, 0.15) is 5.75 Å². The molecule has 0 unspecified atom stereocenters. The van der Waals surface area contributed by atoms with Crippen LogP contribution in [-0.2, 0) is 6.54 Å². The minimum absolute atomic E-state index is 0.408. The Morgan fingerprint density at radius 1 is 1.12 bits per heavy atom. The third-order valence-corrected chi connectivity index (χ3v) is 3.76. The van der Waals surface area contributed by atoms with E-state index in [9.17, 15) is 4.79 Å². The highest BCUT2D eigenvalue weighted by molar-refractivity contribution is 5.70. The summed E-state index contributed by atoms with van der Waals surface area (Å²) in [6, 6.07) is 17.1. The molecule has 0 atom stereocenters. The summed E-state index contributed by atoms with van der Waals surface area (Å²) in [5.74, 6) is 1.19. The standard InChI is InChI=1S/C19H19N3O3/c1-14-18(25-19(23)20-12-15-6-4-3-5-7-15)13-21-22(14)16-8-10-17(24-2)11-9-16/h3-11,13H,12H2,1-2H3,(H,20,23). The first kappa shape index (κ1) is 16.6. The van der Waals surface area contributed by atoms with E-state index in [1.54, 1.807) is 11.8 Å². The molecule has 0 saturated heterocycles. The third kappa shape index (κ3) is 3.98. The summed E-state index contributed by atoms with van der Waals surface area (Å²) in [6.07, 6.45) is 1.02. The van der Waals surface area contributed by atoms with Gasteiger partial charge in [-0.3, -0.25) is 0 Å². The Balaban J connectivity index is 1.65. The van der Waals surface area contributed by atoms with E-state index in [0.717, 1.165) is 22.7 Å². The Hall–Kier alpha value is -3.28. The molecule has 0 aliphatic carbocycles. The Morgan fingerprint density at radius 2 is 1.84 bits per heavy atom. The molecule has 2 aromatic carbocycles. The van der Waals surface area contributed by atoms with Gasteiger partial charge in [0.05, 0.1) is 24.7 Å². The molecular formula is C19H19N3O3. The summed E-state index contributed by atoms with van der Waals surface area (Å²) in [5, 5.41) is 7.01. The van der Waals surface area contributed by atoms with Crippen LogP contribution in [0.15, 0.2) is 60.8 Å². The van der Waals surface area contributed by atoms with Gasteiger partial charge in [0.15, 0.2) is 5.75 Å². The van der Waals surface area contributed by atoms with E-state index in [0.29, 0.717) is 12.3 Å². The number of methoxy groups -OCH3 is 1. The molecule has 3 rings (SSSR count). The van der Waals surface area contributed by atoms with Gasteiger partial charge in [-0.1, -0.05) is 30.3 Å². The second-order valence-electron chi connectivity index (χ2n) is 5.43. The lowest BCUT2D eigenvalue weighted by Gasteiger charge is -2.08. The quantitative estimate of drug-likeness (QED) is 0.774. The van der Waals surface area contributed by atoms with Crippen LogP contribution in [-0.4, -0.2) is 23.0 Å². The average Bonchev–Trinajstić information content (AvgIpc) is 3.01. The number of amides is 1. The summed E-state index contributed by atoms with van der Waals surface area (Å²) in [5.41, 5.74) is 2.60. The van der Waals surface area contributed by atoms with Crippen molar-refractivity contribution in [3.05, 3.63) is 72.1 Å². The van der Waals surface area contributed by atoms with Crippen molar-refractivity contribution in [2.24, 2.45) is 0 Å². The largest absolute Gasteiger partial charge is 0.497 e. The number of nitrogens with one attached hydrogen (secondary N) is 1. The Bertz CT molecular complexity index is 842. The van der Waals surface area contributed by atoms with E-state index in [1.807, 2.05) is 61.5 Å². The maximum Gasteiger partial charge on any atom is 0.412 e. The van der Waals surface area contributed by atoms with Crippen LogP contribution in [0.4, 0.5) is 4.79 Å². The number of ether oxygens (including phenoxy) is 2. The number of hydrogen-bond acceptors (Lipinski definition) is 4. The van der Waals surface area contributed by atoms with Crippen molar-refractivity contribution < 1.29 is 14.3 Å². The van der Waals surface area contributed by atoms with Crippen LogP contribution in [0.2, 0.25) is 0 Å². The van der Waals surface area contributed by atoms with Crippen LogP contribution in [0.1, 0.15) is 11.3 Å². The van der Waals surface area contributed by atoms with E-state index >= 15 is 0 Å². The van der Waals surface area contributed by atoms with Crippen LogP contribution in [0.25, 0.3) is 5.69 Å². The van der Waals surface area contributed by atoms with Crippen LogP contribution in [0.5, 0.6) is 11.5 Å². The molecule has 0 aliphatic rings. The van der Waals surface area contributed by atoms with Gasteiger partial charge in [-0.15, -0.1) is 0 Å². The van der Waals surface area contributed by atoms with Crippen molar-refractivity contribution in [1.82, 2.24) is 15.1 Å². The number of carbonyl (C=O) groups is 1. The van der Waals surface area contributed by atoms with Gasteiger partial charge in [-0.25, -0.2) is 9.48 Å². The molecule has 0 saturated carbocycles. The van der Waals surface area contributed by atoms with E-state index < -0.39 is 6.09 Å². The van der Waals surface area contributed by atoms with Crippen molar-refractivity contribution in [3.8, 4) is 17.2 Å². The predicted octanol–water partition coefficient (Wildman–Crippen LogP) is 3.48. The summed E-state index contributed by atoms with van der Waals surface area (Å²) in [6.45, 7) is 2.25. The molecule has 3 aromatic rings.